The van der Waals surface area contributed by atoms with E-state index in [9.17, 15) is 0 Å². The molecule has 0 spiro atoms. The van der Waals surface area contributed by atoms with Crippen LogP contribution in [0.3, 0.4) is 0 Å². The molecule has 366 valence electrons. The average Bonchev–Trinajstić information content (AvgIpc) is 3.90. The van der Waals surface area contributed by atoms with Crippen molar-refractivity contribution in [1.29, 1.82) is 0 Å². The van der Waals surface area contributed by atoms with E-state index < -0.39 is 0 Å². The number of furan rings is 1. The summed E-state index contributed by atoms with van der Waals surface area (Å²) in [5.74, 6) is 0. The van der Waals surface area contributed by atoms with Gasteiger partial charge in [-0.15, -0.1) is 0 Å². The topological polar surface area (TPSA) is 26.1 Å². The van der Waals surface area contributed by atoms with Crippen LogP contribution in [0.25, 0.3) is 44.2 Å². The van der Waals surface area contributed by atoms with E-state index in [1.165, 1.54) is 0 Å². The van der Waals surface area contributed by atoms with Gasteiger partial charge in [-0.3, -0.25) is 0 Å². The van der Waals surface area contributed by atoms with E-state index in [1.807, 2.05) is 0 Å². The van der Waals surface area contributed by atoms with Crippen molar-refractivity contribution in [2.75, 3.05) is 19.6 Å². The molecule has 0 saturated carbocycles. The number of nitrogens with zero attached hydrogens (tertiary/aromatic N) is 4. The number of anilines is 12. The van der Waals surface area contributed by atoms with Crippen molar-refractivity contribution < 1.29 is 4.42 Å². The highest BCUT2D eigenvalue weighted by Crippen LogP contribution is 2.47. The highest BCUT2D eigenvalue weighted by molar-refractivity contribution is 6.14. The zero-order valence-corrected chi connectivity index (χ0v) is 42.2. The monoisotopic (exact) mass is 988 g/mol. The first kappa shape index (κ1) is 46.4. The van der Waals surface area contributed by atoms with Gasteiger partial charge < -0.3 is 24.0 Å². The predicted octanol–water partition coefficient (Wildman–Crippen LogP) is 20.8. The van der Waals surface area contributed by atoms with Crippen LogP contribution in [0.4, 0.5) is 68.2 Å². The third-order valence-corrected chi connectivity index (χ3v) is 14.2. The van der Waals surface area contributed by atoms with Gasteiger partial charge in [0.25, 0.3) is 0 Å². The fraction of sp³-hybridized carbons (Fsp3) is 0. The second-order valence-corrected chi connectivity index (χ2v) is 19.0. The number of hydrogen-bond acceptors (Lipinski definition) is 5. The molecule has 5 heteroatoms. The molecule has 1 heterocycles. The molecule has 0 radical (unpaired) electrons. The molecule has 0 amide bonds. The molecule has 1 aromatic heterocycles. The van der Waals surface area contributed by atoms with Crippen LogP contribution in [-0.2, 0) is 0 Å². The third-order valence-electron chi connectivity index (χ3n) is 14.2. The van der Waals surface area contributed by atoms with Crippen LogP contribution in [0.5, 0.6) is 0 Å². The molecule has 12 aromatic carbocycles. The Kier molecular flexibility index (Phi) is 12.6. The number of fused-ring (bicyclic) bond motifs is 3. The van der Waals surface area contributed by atoms with Gasteiger partial charge in [-0.1, -0.05) is 182 Å². The molecule has 0 fully saturated rings. The van der Waals surface area contributed by atoms with E-state index in [0.717, 1.165) is 112 Å². The lowest BCUT2D eigenvalue weighted by Crippen LogP contribution is -2.10. The molecule has 77 heavy (non-hydrogen) atoms. The Hall–Kier alpha value is -10.4. The summed E-state index contributed by atoms with van der Waals surface area (Å²) in [5, 5.41) is 2.09. The zero-order valence-electron chi connectivity index (χ0n) is 42.2. The molecular weight excluding hydrogens is 937 g/mol. The van der Waals surface area contributed by atoms with E-state index in [2.05, 4.69) is 335 Å². The summed E-state index contributed by atoms with van der Waals surface area (Å²) in [4.78, 5) is 9.18. The molecule has 5 nitrogen and oxygen atoms in total. The van der Waals surface area contributed by atoms with Crippen molar-refractivity contribution in [2.45, 2.75) is 0 Å². The van der Waals surface area contributed by atoms with E-state index in [4.69, 9.17) is 4.42 Å². The van der Waals surface area contributed by atoms with Crippen LogP contribution in [0, 0.1) is 0 Å². The van der Waals surface area contributed by atoms with Crippen molar-refractivity contribution in [2.24, 2.45) is 0 Å². The largest absolute Gasteiger partial charge is 0.452 e. The highest BCUT2D eigenvalue weighted by Gasteiger charge is 2.24. The Balaban J connectivity index is 0.837. The Labute approximate surface area is 449 Å². The number of benzene rings is 12. The second-order valence-electron chi connectivity index (χ2n) is 19.0. The number of hydrogen-bond donors (Lipinski definition) is 0. The van der Waals surface area contributed by atoms with Crippen LogP contribution >= 0.6 is 0 Å². The lowest BCUT2D eigenvalue weighted by molar-refractivity contribution is 0.669. The standard InChI is InChI=1S/C72H52N4O/c1-7-21-57(22-8-1)73(58-23-9-2-10-24-58)63-45-37-53(38-46-63)55-41-49-65(50-42-55)75(61-29-15-5-16-30-61)69-35-19-33-67-68-34-20-36-70(72(68)77-71(67)69)76(62-31-17-6-18-32-62)66-51-43-56(44-52-66)54-39-47-64(48-40-54)74(59-25-11-3-12-26-59)60-27-13-4-14-28-60/h1-52H. The lowest BCUT2D eigenvalue weighted by atomic mass is 10.0. The van der Waals surface area contributed by atoms with Crippen LogP contribution in [0.15, 0.2) is 320 Å². The Morgan fingerprint density at radius 3 is 0.623 bits per heavy atom. The second kappa shape index (κ2) is 20.9. The molecule has 0 N–H and O–H groups in total. The summed E-state index contributed by atoms with van der Waals surface area (Å²) >= 11 is 0. The summed E-state index contributed by atoms with van der Waals surface area (Å²) in [6, 6.07) is 112. The third kappa shape index (κ3) is 9.24. The van der Waals surface area contributed by atoms with Gasteiger partial charge in [0.2, 0.25) is 0 Å². The van der Waals surface area contributed by atoms with Gasteiger partial charge in [0.1, 0.15) is 0 Å². The molecule has 13 aromatic rings. The molecule has 0 saturated heterocycles. The summed E-state index contributed by atoms with van der Waals surface area (Å²) in [7, 11) is 0. The minimum Gasteiger partial charge on any atom is -0.452 e. The van der Waals surface area contributed by atoms with Gasteiger partial charge in [0, 0.05) is 67.6 Å². The van der Waals surface area contributed by atoms with Gasteiger partial charge in [0.15, 0.2) is 11.2 Å². The summed E-state index contributed by atoms with van der Waals surface area (Å²) in [6.07, 6.45) is 0. The first-order valence-electron chi connectivity index (χ1n) is 26.1. The van der Waals surface area contributed by atoms with Crippen LogP contribution < -0.4 is 19.6 Å². The molecule has 13 rings (SSSR count). The normalized spacial score (nSPS) is 11.1. The summed E-state index contributed by atoms with van der Waals surface area (Å²) < 4.78 is 7.25. The van der Waals surface area contributed by atoms with Crippen molar-refractivity contribution in [1.82, 2.24) is 0 Å². The van der Waals surface area contributed by atoms with Gasteiger partial charge in [-0.05, 0) is 156 Å². The lowest BCUT2D eigenvalue weighted by Gasteiger charge is -2.26. The smallest absolute Gasteiger partial charge is 0.159 e. The Bertz CT molecular complexity index is 3700. The highest BCUT2D eigenvalue weighted by atomic mass is 16.3. The first-order valence-corrected chi connectivity index (χ1v) is 26.1. The molecule has 0 atom stereocenters. The predicted molar refractivity (Wildman–Crippen MR) is 323 cm³/mol. The summed E-state index contributed by atoms with van der Waals surface area (Å²) in [6.45, 7) is 0. The zero-order chi connectivity index (χ0) is 51.3. The summed E-state index contributed by atoms with van der Waals surface area (Å²) in [5.41, 5.74) is 18.8. The van der Waals surface area contributed by atoms with E-state index in [-0.39, 0.29) is 0 Å². The van der Waals surface area contributed by atoms with E-state index in [0.29, 0.717) is 0 Å². The Morgan fingerprint density at radius 2 is 0.377 bits per heavy atom. The van der Waals surface area contributed by atoms with E-state index in [1.54, 1.807) is 0 Å². The Morgan fingerprint density at radius 1 is 0.169 bits per heavy atom. The van der Waals surface area contributed by atoms with Crippen molar-refractivity contribution >= 4 is 90.2 Å². The maximum absolute atomic E-state index is 7.25. The fourth-order valence-electron chi connectivity index (χ4n) is 10.6. The molecule has 0 aliphatic rings. The maximum Gasteiger partial charge on any atom is 0.159 e. The van der Waals surface area contributed by atoms with Gasteiger partial charge >= 0.3 is 0 Å². The fourth-order valence-corrected chi connectivity index (χ4v) is 10.6. The molecule has 0 bridgehead atoms. The molecule has 0 aliphatic carbocycles. The van der Waals surface area contributed by atoms with Gasteiger partial charge in [-0.25, -0.2) is 0 Å². The van der Waals surface area contributed by atoms with Crippen molar-refractivity contribution in [3.05, 3.63) is 315 Å². The quantitative estimate of drug-likeness (QED) is 0.108. The molecule has 0 unspecified atom stereocenters. The number of para-hydroxylation sites is 8. The first-order chi connectivity index (χ1) is 38.2. The van der Waals surface area contributed by atoms with Gasteiger partial charge in [-0.2, -0.15) is 0 Å². The average molecular weight is 989 g/mol. The van der Waals surface area contributed by atoms with Crippen LogP contribution in [0.1, 0.15) is 0 Å². The minimum atomic E-state index is 0.810. The van der Waals surface area contributed by atoms with E-state index >= 15 is 0 Å². The minimum absolute atomic E-state index is 0.810. The van der Waals surface area contributed by atoms with Crippen molar-refractivity contribution in [3.8, 4) is 22.3 Å². The molecular formula is C72H52N4O. The molecule has 0 aliphatic heterocycles. The van der Waals surface area contributed by atoms with Crippen molar-refractivity contribution in [3.63, 3.8) is 0 Å². The SMILES string of the molecule is c1ccc(N(c2ccccc2)c2ccc(-c3ccc(N(c4ccccc4)c4cccc5c4oc4c(N(c6ccccc6)c6ccc(-c7ccc(N(c8ccccc8)c8ccccc8)cc7)cc6)cccc45)cc3)cc2)cc1. The maximum atomic E-state index is 7.25. The van der Waals surface area contributed by atoms with Crippen LogP contribution in [0.2, 0.25) is 0 Å². The van der Waals surface area contributed by atoms with Crippen LogP contribution in [-0.4, -0.2) is 0 Å². The number of rotatable bonds is 14. The van der Waals surface area contributed by atoms with Gasteiger partial charge in [0.05, 0.1) is 11.4 Å².